The smallest absolute Gasteiger partial charge is 0.189 e. The number of guanidine groups is 1. The Bertz CT molecular complexity index is 433. The van der Waals surface area contributed by atoms with Crippen LogP contribution in [0.15, 0.2) is 9.52 Å². The summed E-state index contributed by atoms with van der Waals surface area (Å²) in [6.07, 6.45) is 7.17. The second-order valence-corrected chi connectivity index (χ2v) is 5.20. The lowest BCUT2D eigenvalue weighted by Gasteiger charge is -2.23. The van der Waals surface area contributed by atoms with Crippen molar-refractivity contribution in [2.75, 3.05) is 0 Å². The molecular weight excluding hydrogens is 240 g/mol. The molecule has 1 fully saturated rings. The molecular formula is C14H24N4O. The van der Waals surface area contributed by atoms with Crippen molar-refractivity contribution in [2.24, 2.45) is 10.7 Å². The Morgan fingerprint density at radius 2 is 2.16 bits per heavy atom. The van der Waals surface area contributed by atoms with Crippen LogP contribution in [0.4, 0.5) is 0 Å². The number of rotatable bonds is 4. The number of nitrogens with zero attached hydrogens (tertiary/aromatic N) is 2. The van der Waals surface area contributed by atoms with Crippen molar-refractivity contribution in [3.05, 3.63) is 17.0 Å². The summed E-state index contributed by atoms with van der Waals surface area (Å²) in [5.74, 6) is 1.38. The standard InChI is InChI=1S/C14H24N4O/c1-3-13-12(10(2)19-18-13)9-16-14(15)17-11-7-5-4-6-8-11/h11H,3-9H2,1-2H3,(H3,15,16,17). The van der Waals surface area contributed by atoms with Crippen molar-refractivity contribution < 1.29 is 4.52 Å². The number of hydrogen-bond acceptors (Lipinski definition) is 3. The molecule has 1 heterocycles. The predicted octanol–water partition coefficient (Wildman–Crippen LogP) is 2.28. The fourth-order valence-electron chi connectivity index (χ4n) is 2.58. The van der Waals surface area contributed by atoms with Crippen LogP contribution in [0, 0.1) is 6.92 Å². The van der Waals surface area contributed by atoms with E-state index in [4.69, 9.17) is 10.3 Å². The van der Waals surface area contributed by atoms with Crippen LogP contribution in [0.2, 0.25) is 0 Å². The van der Waals surface area contributed by atoms with Crippen LogP contribution in [-0.2, 0) is 13.0 Å². The van der Waals surface area contributed by atoms with Gasteiger partial charge in [0, 0.05) is 11.6 Å². The minimum atomic E-state index is 0.492. The quantitative estimate of drug-likeness (QED) is 0.646. The SMILES string of the molecule is CCc1noc(C)c1CN=C(N)NC1CCCCC1. The van der Waals surface area contributed by atoms with E-state index in [1.165, 1.54) is 32.1 Å². The monoisotopic (exact) mass is 264 g/mol. The van der Waals surface area contributed by atoms with E-state index in [0.29, 0.717) is 18.5 Å². The Morgan fingerprint density at radius 3 is 2.84 bits per heavy atom. The number of nitrogens with two attached hydrogens (primary N) is 1. The topological polar surface area (TPSA) is 76.4 Å². The molecule has 2 rings (SSSR count). The molecule has 0 aliphatic heterocycles. The van der Waals surface area contributed by atoms with Crippen LogP contribution < -0.4 is 11.1 Å². The van der Waals surface area contributed by atoms with E-state index in [1.807, 2.05) is 6.92 Å². The number of aryl methyl sites for hydroxylation is 2. The summed E-state index contributed by atoms with van der Waals surface area (Å²) >= 11 is 0. The zero-order valence-corrected chi connectivity index (χ0v) is 11.9. The lowest BCUT2D eigenvalue weighted by molar-refractivity contribution is 0.390. The van der Waals surface area contributed by atoms with Crippen molar-refractivity contribution in [3.63, 3.8) is 0 Å². The van der Waals surface area contributed by atoms with Crippen molar-refractivity contribution in [1.82, 2.24) is 10.5 Å². The highest BCUT2D eigenvalue weighted by Crippen LogP contribution is 2.17. The van der Waals surface area contributed by atoms with Gasteiger partial charge in [-0.05, 0) is 26.2 Å². The molecule has 3 N–H and O–H groups in total. The van der Waals surface area contributed by atoms with E-state index in [0.717, 1.165) is 23.4 Å². The lowest BCUT2D eigenvalue weighted by atomic mass is 9.96. The molecule has 0 amide bonds. The molecule has 0 spiro atoms. The van der Waals surface area contributed by atoms with Gasteiger partial charge in [0.25, 0.3) is 0 Å². The summed E-state index contributed by atoms with van der Waals surface area (Å²) < 4.78 is 5.19. The summed E-state index contributed by atoms with van der Waals surface area (Å²) in [6, 6.07) is 0.492. The fraction of sp³-hybridized carbons (Fsp3) is 0.714. The van der Waals surface area contributed by atoms with Crippen molar-refractivity contribution >= 4 is 5.96 Å². The van der Waals surface area contributed by atoms with Gasteiger partial charge in [0.2, 0.25) is 0 Å². The molecule has 5 heteroatoms. The molecule has 0 unspecified atom stereocenters. The Kier molecular flexibility index (Phi) is 4.82. The predicted molar refractivity (Wildman–Crippen MR) is 76.0 cm³/mol. The maximum atomic E-state index is 5.95. The highest BCUT2D eigenvalue weighted by atomic mass is 16.5. The summed E-state index contributed by atoms with van der Waals surface area (Å²) in [5, 5.41) is 7.34. The number of hydrogen-bond donors (Lipinski definition) is 2. The molecule has 0 radical (unpaired) electrons. The van der Waals surface area contributed by atoms with Crippen molar-refractivity contribution in [3.8, 4) is 0 Å². The zero-order valence-electron chi connectivity index (χ0n) is 11.9. The first kappa shape index (κ1) is 13.9. The molecule has 1 aromatic heterocycles. The third-order valence-corrected chi connectivity index (χ3v) is 3.77. The first-order valence-electron chi connectivity index (χ1n) is 7.21. The number of nitrogens with one attached hydrogen (secondary N) is 1. The molecule has 1 aliphatic carbocycles. The lowest BCUT2D eigenvalue weighted by Crippen LogP contribution is -2.41. The van der Waals surface area contributed by atoms with E-state index in [2.05, 4.69) is 22.4 Å². The van der Waals surface area contributed by atoms with Gasteiger partial charge in [0.05, 0.1) is 12.2 Å². The van der Waals surface area contributed by atoms with Crippen LogP contribution in [0.5, 0.6) is 0 Å². The normalized spacial score (nSPS) is 17.7. The second-order valence-electron chi connectivity index (χ2n) is 5.20. The summed E-state index contributed by atoms with van der Waals surface area (Å²) in [6.45, 7) is 4.53. The molecule has 0 atom stereocenters. The fourth-order valence-corrected chi connectivity index (χ4v) is 2.58. The van der Waals surface area contributed by atoms with Crippen LogP contribution in [-0.4, -0.2) is 17.2 Å². The summed E-state index contributed by atoms with van der Waals surface area (Å²) in [4.78, 5) is 4.41. The Balaban J connectivity index is 1.91. The van der Waals surface area contributed by atoms with Gasteiger partial charge in [-0.3, -0.25) is 0 Å². The molecule has 0 aromatic carbocycles. The molecule has 1 saturated carbocycles. The van der Waals surface area contributed by atoms with Gasteiger partial charge < -0.3 is 15.6 Å². The van der Waals surface area contributed by atoms with Crippen LogP contribution in [0.3, 0.4) is 0 Å². The van der Waals surface area contributed by atoms with E-state index >= 15 is 0 Å². The van der Waals surface area contributed by atoms with Gasteiger partial charge in [-0.2, -0.15) is 0 Å². The van der Waals surface area contributed by atoms with Crippen molar-refractivity contribution in [2.45, 2.75) is 65.0 Å². The van der Waals surface area contributed by atoms with Crippen molar-refractivity contribution in [1.29, 1.82) is 0 Å². The van der Waals surface area contributed by atoms with E-state index < -0.39 is 0 Å². The van der Waals surface area contributed by atoms with Gasteiger partial charge in [-0.25, -0.2) is 4.99 Å². The Morgan fingerprint density at radius 1 is 1.42 bits per heavy atom. The number of aromatic nitrogens is 1. The highest BCUT2D eigenvalue weighted by molar-refractivity contribution is 5.78. The molecule has 1 aromatic rings. The molecule has 0 bridgehead atoms. The highest BCUT2D eigenvalue weighted by Gasteiger charge is 2.14. The molecule has 5 nitrogen and oxygen atoms in total. The van der Waals surface area contributed by atoms with Gasteiger partial charge in [0.15, 0.2) is 5.96 Å². The zero-order chi connectivity index (χ0) is 13.7. The maximum Gasteiger partial charge on any atom is 0.189 e. The Labute approximate surface area is 114 Å². The first-order valence-corrected chi connectivity index (χ1v) is 7.21. The summed E-state index contributed by atoms with van der Waals surface area (Å²) in [5.41, 5.74) is 7.99. The van der Waals surface area contributed by atoms with Crippen LogP contribution >= 0.6 is 0 Å². The van der Waals surface area contributed by atoms with Crippen LogP contribution in [0.25, 0.3) is 0 Å². The minimum absolute atomic E-state index is 0.492. The third-order valence-electron chi connectivity index (χ3n) is 3.77. The molecule has 19 heavy (non-hydrogen) atoms. The first-order chi connectivity index (χ1) is 9.20. The third kappa shape index (κ3) is 3.72. The molecule has 106 valence electrons. The molecule has 1 aliphatic rings. The van der Waals surface area contributed by atoms with Gasteiger partial charge in [-0.15, -0.1) is 0 Å². The molecule has 0 saturated heterocycles. The van der Waals surface area contributed by atoms with Gasteiger partial charge >= 0.3 is 0 Å². The Hall–Kier alpha value is -1.52. The van der Waals surface area contributed by atoms with E-state index in [1.54, 1.807) is 0 Å². The summed E-state index contributed by atoms with van der Waals surface area (Å²) in [7, 11) is 0. The number of aliphatic imine (C=N–C) groups is 1. The van der Waals surface area contributed by atoms with Gasteiger partial charge in [-0.1, -0.05) is 31.3 Å². The average Bonchev–Trinajstić information content (AvgIpc) is 2.78. The van der Waals surface area contributed by atoms with Gasteiger partial charge in [0.1, 0.15) is 5.76 Å². The van der Waals surface area contributed by atoms with E-state index in [9.17, 15) is 0 Å². The van der Waals surface area contributed by atoms with E-state index in [-0.39, 0.29) is 0 Å². The minimum Gasteiger partial charge on any atom is -0.370 e. The average molecular weight is 264 g/mol. The second kappa shape index (κ2) is 6.59. The van der Waals surface area contributed by atoms with Crippen LogP contribution in [0.1, 0.15) is 56.0 Å². The maximum absolute atomic E-state index is 5.95. The largest absolute Gasteiger partial charge is 0.370 e.